The minimum atomic E-state index is -3.74. The second-order valence-electron chi connectivity index (χ2n) is 4.56. The zero-order chi connectivity index (χ0) is 16.0. The number of ether oxygens (including phenoxy) is 2. The van der Waals surface area contributed by atoms with Gasteiger partial charge in [0.1, 0.15) is 18.6 Å². The molecule has 1 fully saturated rings. The lowest BCUT2D eigenvalue weighted by atomic mass is 10.3. The lowest BCUT2D eigenvalue weighted by Crippen LogP contribution is -2.29. The zero-order valence-electron chi connectivity index (χ0n) is 11.9. The van der Waals surface area contributed by atoms with E-state index in [9.17, 15) is 9.36 Å². The van der Waals surface area contributed by atoms with Crippen LogP contribution >= 0.6 is 23.7 Å². The molecule has 0 bridgehead atoms. The van der Waals surface area contributed by atoms with Crippen LogP contribution in [0.1, 0.15) is 6.92 Å². The highest BCUT2D eigenvalue weighted by atomic mass is 79.9. The van der Waals surface area contributed by atoms with Crippen molar-refractivity contribution < 1.29 is 27.9 Å². The van der Waals surface area contributed by atoms with Crippen LogP contribution in [0.5, 0.6) is 5.75 Å². The molecule has 7 nitrogen and oxygen atoms in total. The van der Waals surface area contributed by atoms with E-state index >= 15 is 0 Å². The molecule has 1 N–H and O–H groups in total. The molecular formula is C13H17BrNO6P. The van der Waals surface area contributed by atoms with E-state index in [4.69, 9.17) is 18.5 Å². The van der Waals surface area contributed by atoms with Crippen LogP contribution in [0.25, 0.3) is 0 Å². The molecule has 122 valence electrons. The number of nitrogens with one attached hydrogen (secondary N) is 1. The maximum Gasteiger partial charge on any atom is 0.459 e. The van der Waals surface area contributed by atoms with Crippen molar-refractivity contribution in [3.63, 3.8) is 0 Å². The molecule has 1 heterocycles. The third-order valence-electron chi connectivity index (χ3n) is 2.68. The summed E-state index contributed by atoms with van der Waals surface area (Å²) in [7, 11) is -3.74. The van der Waals surface area contributed by atoms with Crippen molar-refractivity contribution in [2.24, 2.45) is 0 Å². The molecule has 0 radical (unpaired) electrons. The first-order chi connectivity index (χ1) is 10.5. The van der Waals surface area contributed by atoms with Crippen LogP contribution in [0, 0.1) is 0 Å². The van der Waals surface area contributed by atoms with Gasteiger partial charge in [-0.15, -0.1) is 0 Å². The Morgan fingerprint density at radius 1 is 1.41 bits per heavy atom. The summed E-state index contributed by atoms with van der Waals surface area (Å²) in [6.45, 7) is 2.41. The van der Waals surface area contributed by atoms with E-state index in [0.717, 1.165) is 4.47 Å². The van der Waals surface area contributed by atoms with E-state index < -0.39 is 20.1 Å². The third-order valence-corrected chi connectivity index (χ3v) is 4.87. The molecule has 0 aliphatic carbocycles. The van der Waals surface area contributed by atoms with E-state index in [1.165, 1.54) is 0 Å². The first-order valence-corrected chi connectivity index (χ1v) is 9.00. The van der Waals surface area contributed by atoms with Crippen molar-refractivity contribution in [1.82, 2.24) is 5.09 Å². The summed E-state index contributed by atoms with van der Waals surface area (Å²) < 4.78 is 34.8. The Hall–Kier alpha value is -0.760. The highest BCUT2D eigenvalue weighted by molar-refractivity contribution is 9.10. The Balaban J connectivity index is 2.04. The summed E-state index contributed by atoms with van der Waals surface area (Å²) in [5.41, 5.74) is 0. The average Bonchev–Trinajstić information content (AvgIpc) is 3.01. The molecule has 1 saturated heterocycles. The van der Waals surface area contributed by atoms with E-state index in [0.29, 0.717) is 25.2 Å². The molecule has 1 aromatic carbocycles. The summed E-state index contributed by atoms with van der Waals surface area (Å²) in [6.07, 6.45) is 0.0268. The molecule has 0 aromatic heterocycles. The lowest BCUT2D eigenvalue weighted by molar-refractivity contribution is -0.109. The fraction of sp³-hybridized carbons (Fsp3) is 0.462. The smallest absolute Gasteiger partial charge is 0.413 e. The molecule has 1 aliphatic heterocycles. The Kier molecular flexibility index (Phi) is 6.55. The molecule has 1 aliphatic rings. The molecule has 2 rings (SSSR count). The predicted octanol–water partition coefficient (Wildman–Crippen LogP) is 2.50. The van der Waals surface area contributed by atoms with Crippen molar-refractivity contribution in [3.8, 4) is 5.75 Å². The number of rotatable bonds is 8. The lowest BCUT2D eigenvalue weighted by Gasteiger charge is -2.22. The summed E-state index contributed by atoms with van der Waals surface area (Å²) in [5, 5.41) is 2.55. The number of hydrogen-bond donors (Lipinski definition) is 1. The summed E-state index contributed by atoms with van der Waals surface area (Å²) in [5.74, 6) is 0.352. The number of hydrogen-bond acceptors (Lipinski definition) is 6. The maximum absolute atomic E-state index is 12.8. The van der Waals surface area contributed by atoms with Crippen molar-refractivity contribution >= 4 is 30.0 Å². The van der Waals surface area contributed by atoms with Gasteiger partial charge in [-0.05, 0) is 31.2 Å². The topological polar surface area (TPSA) is 83.1 Å². The zero-order valence-corrected chi connectivity index (χ0v) is 14.4. The monoisotopic (exact) mass is 393 g/mol. The molecular weight excluding hydrogens is 377 g/mol. The van der Waals surface area contributed by atoms with Gasteiger partial charge in [0.25, 0.3) is 0 Å². The van der Waals surface area contributed by atoms with Gasteiger partial charge in [0.05, 0.1) is 19.3 Å². The van der Waals surface area contributed by atoms with Gasteiger partial charge < -0.3 is 18.8 Å². The molecule has 1 aromatic rings. The van der Waals surface area contributed by atoms with Crippen molar-refractivity contribution in [2.45, 2.75) is 19.3 Å². The van der Waals surface area contributed by atoms with Crippen LogP contribution in [-0.2, 0) is 23.4 Å². The highest BCUT2D eigenvalue weighted by Gasteiger charge is 2.31. The molecule has 1 unspecified atom stereocenters. The minimum absolute atomic E-state index is 0.0631. The number of benzene rings is 1. The second-order valence-corrected chi connectivity index (χ2v) is 7.17. The van der Waals surface area contributed by atoms with Gasteiger partial charge in [-0.3, -0.25) is 4.52 Å². The number of aldehydes is 1. The maximum atomic E-state index is 12.8. The number of carbonyl (C=O) groups is 1. The standard InChI is InChI=1S/C13H17BrNO6P/c1-10(8-16)15-22(17,20-9-13-18-6-7-19-13)21-12-4-2-11(14)3-5-12/h2-5,8,10,13H,6-7,9H2,1H3,(H,15,17)/t10-,22?/m0/s1. The number of halogens is 1. The second kappa shape index (κ2) is 8.19. The minimum Gasteiger partial charge on any atom is -0.413 e. The molecule has 22 heavy (non-hydrogen) atoms. The largest absolute Gasteiger partial charge is 0.459 e. The van der Waals surface area contributed by atoms with Crippen LogP contribution in [0.4, 0.5) is 0 Å². The van der Waals surface area contributed by atoms with E-state index in [1.807, 2.05) is 0 Å². The fourth-order valence-electron chi connectivity index (χ4n) is 1.67. The van der Waals surface area contributed by atoms with Crippen molar-refractivity contribution in [2.75, 3.05) is 19.8 Å². The van der Waals surface area contributed by atoms with Gasteiger partial charge in [-0.1, -0.05) is 15.9 Å². The quantitative estimate of drug-likeness (QED) is 0.536. The first kappa shape index (κ1) is 17.6. The van der Waals surface area contributed by atoms with E-state index in [1.54, 1.807) is 31.2 Å². The van der Waals surface area contributed by atoms with Gasteiger partial charge in [0, 0.05) is 4.47 Å². The molecule has 2 atom stereocenters. The van der Waals surface area contributed by atoms with Gasteiger partial charge >= 0.3 is 7.75 Å². The third kappa shape index (κ3) is 5.46. The molecule has 0 saturated carbocycles. The van der Waals surface area contributed by atoms with Gasteiger partial charge in [-0.25, -0.2) is 9.65 Å². The predicted molar refractivity (Wildman–Crippen MR) is 82.7 cm³/mol. The number of carbonyl (C=O) groups excluding carboxylic acids is 1. The average molecular weight is 394 g/mol. The van der Waals surface area contributed by atoms with Gasteiger partial charge in [0.2, 0.25) is 0 Å². The van der Waals surface area contributed by atoms with Crippen LogP contribution < -0.4 is 9.61 Å². The first-order valence-electron chi connectivity index (χ1n) is 6.67. The Labute approximate surface area is 137 Å². The Bertz CT molecular complexity index is 534. The summed E-state index contributed by atoms with van der Waals surface area (Å²) in [4.78, 5) is 10.8. The van der Waals surface area contributed by atoms with Crippen LogP contribution in [0.2, 0.25) is 0 Å². The van der Waals surface area contributed by atoms with Gasteiger partial charge in [-0.2, -0.15) is 0 Å². The Morgan fingerprint density at radius 2 is 2.05 bits per heavy atom. The fourth-order valence-corrected chi connectivity index (χ4v) is 3.39. The van der Waals surface area contributed by atoms with E-state index in [2.05, 4.69) is 21.0 Å². The van der Waals surface area contributed by atoms with Crippen LogP contribution in [0.15, 0.2) is 28.7 Å². The van der Waals surface area contributed by atoms with Crippen LogP contribution in [-0.4, -0.2) is 38.4 Å². The van der Waals surface area contributed by atoms with E-state index in [-0.39, 0.29) is 6.61 Å². The normalized spacial score (nSPS) is 19.5. The van der Waals surface area contributed by atoms with Crippen LogP contribution in [0.3, 0.4) is 0 Å². The molecule has 9 heteroatoms. The molecule has 0 spiro atoms. The van der Waals surface area contributed by atoms with Crippen molar-refractivity contribution in [3.05, 3.63) is 28.7 Å². The highest BCUT2D eigenvalue weighted by Crippen LogP contribution is 2.45. The van der Waals surface area contributed by atoms with Gasteiger partial charge in [0.15, 0.2) is 6.29 Å². The SMILES string of the molecule is C[C@@H](C=O)NP(=O)(OCC1OCCO1)Oc1ccc(Br)cc1. The van der Waals surface area contributed by atoms with Crippen molar-refractivity contribution in [1.29, 1.82) is 0 Å². The molecule has 0 amide bonds. The summed E-state index contributed by atoms with van der Waals surface area (Å²) in [6, 6.07) is 6.07. The summed E-state index contributed by atoms with van der Waals surface area (Å²) >= 11 is 3.30. The Morgan fingerprint density at radius 3 is 2.64 bits per heavy atom.